The van der Waals surface area contributed by atoms with E-state index in [-0.39, 0.29) is 23.9 Å². The van der Waals surface area contributed by atoms with Crippen molar-refractivity contribution in [2.45, 2.75) is 26.4 Å². The Labute approximate surface area is 150 Å². The Morgan fingerprint density at radius 3 is 2.81 bits per heavy atom. The zero-order chi connectivity index (χ0) is 18.7. The van der Waals surface area contributed by atoms with Crippen LogP contribution in [0.1, 0.15) is 18.2 Å². The number of hydrogen-bond donors (Lipinski definition) is 1. The topological polar surface area (TPSA) is 93.5 Å². The molecule has 0 fully saturated rings. The van der Waals surface area contributed by atoms with Crippen LogP contribution in [0.15, 0.2) is 35.1 Å². The van der Waals surface area contributed by atoms with Crippen molar-refractivity contribution in [3.8, 4) is 5.75 Å². The Morgan fingerprint density at radius 2 is 2.08 bits per heavy atom. The number of benzene rings is 1. The molecule has 1 N–H and O–H groups in total. The van der Waals surface area contributed by atoms with E-state index < -0.39 is 0 Å². The van der Waals surface area contributed by atoms with Gasteiger partial charge in [-0.1, -0.05) is 12.1 Å². The number of methoxy groups -OCH3 is 1. The molecule has 2 heterocycles. The number of nitrogens with zero attached hydrogens (tertiary/aromatic N) is 3. The van der Waals surface area contributed by atoms with Gasteiger partial charge in [0.2, 0.25) is 11.8 Å². The minimum atomic E-state index is -0.371. The van der Waals surface area contributed by atoms with Crippen LogP contribution in [0.25, 0.3) is 0 Å². The number of amides is 2. The third kappa shape index (κ3) is 3.74. The fourth-order valence-electron chi connectivity index (χ4n) is 2.89. The van der Waals surface area contributed by atoms with Crippen LogP contribution in [0, 0.1) is 0 Å². The summed E-state index contributed by atoms with van der Waals surface area (Å²) in [5, 5.41) is 7.03. The van der Waals surface area contributed by atoms with Crippen LogP contribution < -0.4 is 15.6 Å². The molecule has 0 unspecified atom stereocenters. The minimum absolute atomic E-state index is 0.0315. The van der Waals surface area contributed by atoms with Gasteiger partial charge in [-0.25, -0.2) is 4.68 Å². The van der Waals surface area contributed by atoms with Crippen molar-refractivity contribution in [1.82, 2.24) is 14.7 Å². The lowest BCUT2D eigenvalue weighted by Gasteiger charge is -2.27. The molecule has 1 aromatic carbocycles. The van der Waals surface area contributed by atoms with Gasteiger partial charge in [0.1, 0.15) is 12.3 Å². The molecule has 0 atom stereocenters. The first-order valence-electron chi connectivity index (χ1n) is 8.26. The monoisotopic (exact) mass is 356 g/mol. The average Bonchev–Trinajstić information content (AvgIpc) is 2.62. The van der Waals surface area contributed by atoms with E-state index in [1.807, 2.05) is 0 Å². The Hall–Kier alpha value is -3.16. The Kier molecular flexibility index (Phi) is 5.01. The van der Waals surface area contributed by atoms with E-state index in [1.165, 1.54) is 20.1 Å². The predicted octanol–water partition coefficient (Wildman–Crippen LogP) is 0.795. The molecule has 1 aromatic heterocycles. The number of fused-ring (bicyclic) bond motifs is 1. The number of aromatic nitrogens is 2. The molecule has 2 amide bonds. The molecule has 0 aliphatic carbocycles. The highest BCUT2D eigenvalue weighted by atomic mass is 16.5. The van der Waals surface area contributed by atoms with Gasteiger partial charge in [-0.2, -0.15) is 5.10 Å². The van der Waals surface area contributed by atoms with Crippen LogP contribution in [-0.4, -0.2) is 40.1 Å². The lowest BCUT2D eigenvalue weighted by Crippen LogP contribution is -2.38. The molecular weight excluding hydrogens is 336 g/mol. The normalized spacial score (nSPS) is 13.1. The molecule has 0 radical (unpaired) electrons. The molecule has 0 bridgehead atoms. The summed E-state index contributed by atoms with van der Waals surface area (Å²) in [6.45, 7) is 2.24. The second-order valence-electron chi connectivity index (χ2n) is 6.05. The van der Waals surface area contributed by atoms with Gasteiger partial charge in [-0.3, -0.25) is 14.4 Å². The second-order valence-corrected chi connectivity index (χ2v) is 6.05. The van der Waals surface area contributed by atoms with Crippen LogP contribution in [0.3, 0.4) is 0 Å². The number of nitrogens with one attached hydrogen (secondary N) is 1. The summed E-state index contributed by atoms with van der Waals surface area (Å²) in [6.07, 6.45) is 0.559. The Bertz CT molecular complexity index is 906. The first-order valence-corrected chi connectivity index (χ1v) is 8.26. The van der Waals surface area contributed by atoms with E-state index in [9.17, 15) is 14.4 Å². The summed E-state index contributed by atoms with van der Waals surface area (Å²) < 4.78 is 6.34. The van der Waals surface area contributed by atoms with E-state index in [1.54, 1.807) is 29.2 Å². The van der Waals surface area contributed by atoms with Crippen molar-refractivity contribution >= 4 is 17.5 Å². The molecular formula is C18H20N4O4. The third-order valence-corrected chi connectivity index (χ3v) is 4.26. The van der Waals surface area contributed by atoms with Crippen molar-refractivity contribution in [2.24, 2.45) is 0 Å². The molecule has 136 valence electrons. The molecule has 3 rings (SSSR count). The van der Waals surface area contributed by atoms with Crippen LogP contribution in [-0.2, 0) is 29.1 Å². The molecule has 1 aliphatic heterocycles. The van der Waals surface area contributed by atoms with Crippen molar-refractivity contribution in [2.75, 3.05) is 19.0 Å². The highest BCUT2D eigenvalue weighted by molar-refractivity contribution is 5.92. The molecule has 0 saturated carbocycles. The number of anilines is 1. The van der Waals surface area contributed by atoms with E-state index in [4.69, 9.17) is 4.74 Å². The summed E-state index contributed by atoms with van der Waals surface area (Å²) in [5.74, 6) is 0.136. The average molecular weight is 356 g/mol. The second kappa shape index (κ2) is 7.38. The van der Waals surface area contributed by atoms with E-state index in [2.05, 4.69) is 10.4 Å². The minimum Gasteiger partial charge on any atom is -0.495 e. The molecule has 0 spiro atoms. The van der Waals surface area contributed by atoms with Gasteiger partial charge < -0.3 is 15.0 Å². The zero-order valence-corrected chi connectivity index (χ0v) is 14.7. The summed E-state index contributed by atoms with van der Waals surface area (Å²) in [6, 6.07) is 8.49. The van der Waals surface area contributed by atoms with E-state index in [0.717, 1.165) is 15.9 Å². The highest BCUT2D eigenvalue weighted by Gasteiger charge is 2.21. The number of hydrogen-bond acceptors (Lipinski definition) is 5. The van der Waals surface area contributed by atoms with Crippen molar-refractivity contribution in [3.05, 3.63) is 51.9 Å². The molecule has 8 heteroatoms. The first-order chi connectivity index (χ1) is 12.5. The lowest BCUT2D eigenvalue weighted by molar-refractivity contribution is -0.129. The van der Waals surface area contributed by atoms with Crippen LogP contribution in [0.4, 0.5) is 5.69 Å². The number of carbonyl (C=O) groups is 2. The summed E-state index contributed by atoms with van der Waals surface area (Å²) >= 11 is 0. The number of ether oxygens (including phenoxy) is 1. The summed E-state index contributed by atoms with van der Waals surface area (Å²) in [4.78, 5) is 37.7. The predicted molar refractivity (Wildman–Crippen MR) is 94.9 cm³/mol. The lowest BCUT2D eigenvalue weighted by atomic mass is 10.1. The molecule has 1 aliphatic rings. The molecule has 0 saturated heterocycles. The van der Waals surface area contributed by atoms with Crippen molar-refractivity contribution < 1.29 is 14.3 Å². The fraction of sp³-hybridized carbons (Fsp3) is 0.333. The highest BCUT2D eigenvalue weighted by Crippen LogP contribution is 2.22. The number of carbonyl (C=O) groups excluding carboxylic acids is 2. The van der Waals surface area contributed by atoms with Gasteiger partial charge in [-0.05, 0) is 12.1 Å². The maximum absolute atomic E-state index is 12.3. The fourth-order valence-corrected chi connectivity index (χ4v) is 2.89. The first kappa shape index (κ1) is 17.7. The zero-order valence-electron chi connectivity index (χ0n) is 14.7. The quantitative estimate of drug-likeness (QED) is 0.874. The van der Waals surface area contributed by atoms with Gasteiger partial charge in [0, 0.05) is 38.1 Å². The van der Waals surface area contributed by atoms with Gasteiger partial charge in [0.15, 0.2) is 0 Å². The van der Waals surface area contributed by atoms with E-state index >= 15 is 0 Å². The number of para-hydroxylation sites is 2. The smallest absolute Gasteiger partial charge is 0.267 e. The summed E-state index contributed by atoms with van der Waals surface area (Å²) in [5.41, 5.74) is 1.64. The number of rotatable bonds is 4. The van der Waals surface area contributed by atoms with Gasteiger partial charge in [0.25, 0.3) is 5.56 Å². The SMILES string of the molecule is COc1ccccc1NC(=O)Cn1nc2c(cc1=O)CN(C(C)=O)CC2. The summed E-state index contributed by atoms with van der Waals surface area (Å²) in [7, 11) is 1.52. The largest absolute Gasteiger partial charge is 0.495 e. The van der Waals surface area contributed by atoms with E-state index in [0.29, 0.717) is 30.9 Å². The van der Waals surface area contributed by atoms with Gasteiger partial charge in [-0.15, -0.1) is 0 Å². The molecule has 2 aromatic rings. The van der Waals surface area contributed by atoms with Crippen LogP contribution in [0.2, 0.25) is 0 Å². The molecule has 26 heavy (non-hydrogen) atoms. The van der Waals surface area contributed by atoms with Crippen LogP contribution in [0.5, 0.6) is 5.75 Å². The maximum Gasteiger partial charge on any atom is 0.267 e. The molecule has 8 nitrogen and oxygen atoms in total. The Balaban J connectivity index is 1.75. The van der Waals surface area contributed by atoms with Crippen LogP contribution >= 0.6 is 0 Å². The standard InChI is InChI=1S/C18H20N4O4/c1-12(23)21-8-7-14-13(10-21)9-18(25)22(20-14)11-17(24)19-15-5-3-4-6-16(15)26-2/h3-6,9H,7-8,10-11H2,1-2H3,(H,19,24). The van der Waals surface area contributed by atoms with Crippen molar-refractivity contribution in [3.63, 3.8) is 0 Å². The van der Waals surface area contributed by atoms with Crippen molar-refractivity contribution in [1.29, 1.82) is 0 Å². The van der Waals surface area contributed by atoms with Gasteiger partial charge >= 0.3 is 0 Å². The maximum atomic E-state index is 12.3. The Morgan fingerprint density at radius 1 is 1.31 bits per heavy atom. The third-order valence-electron chi connectivity index (χ3n) is 4.26. The van der Waals surface area contributed by atoms with Gasteiger partial charge in [0.05, 0.1) is 18.5 Å².